The zero-order chi connectivity index (χ0) is 33.6. The van der Waals surface area contributed by atoms with E-state index in [0.29, 0.717) is 13.1 Å². The van der Waals surface area contributed by atoms with Gasteiger partial charge in [0.25, 0.3) is 0 Å². The fourth-order valence-corrected chi connectivity index (χ4v) is 4.78. The molecular weight excluding hydrogens is 582 g/mol. The van der Waals surface area contributed by atoms with Crippen molar-refractivity contribution in [2.45, 2.75) is 78.9 Å². The first kappa shape index (κ1) is 35.6. The maximum Gasteiger partial charge on any atom is 0.243 e. The first-order chi connectivity index (χ1) is 22.0. The Morgan fingerprint density at radius 3 is 2.20 bits per heavy atom. The molecule has 3 rings (SSSR count). The largest absolute Gasteiger partial charge is 0.356 e. The molecule has 10 heteroatoms. The quantitative estimate of drug-likeness (QED) is 0.188. The summed E-state index contributed by atoms with van der Waals surface area (Å²) in [6.07, 6.45) is 2.42. The summed E-state index contributed by atoms with van der Waals surface area (Å²) in [7, 11) is 0. The summed E-state index contributed by atoms with van der Waals surface area (Å²) in [5, 5.41) is 10.9. The van der Waals surface area contributed by atoms with Gasteiger partial charge < -0.3 is 26.2 Å². The molecule has 4 N–H and O–H groups in total. The Hall–Kier alpha value is -4.91. The molecule has 0 aliphatic carbocycles. The zero-order valence-electron chi connectivity index (χ0n) is 27.4. The second-order valence-corrected chi connectivity index (χ2v) is 11.7. The minimum absolute atomic E-state index is 0.0481. The highest BCUT2D eigenvalue weighted by Gasteiger charge is 2.27. The molecule has 0 radical (unpaired) electrons. The second kappa shape index (κ2) is 17.5. The van der Waals surface area contributed by atoms with Crippen LogP contribution in [0.15, 0.2) is 60.2 Å². The van der Waals surface area contributed by atoms with E-state index < -0.39 is 18.0 Å². The van der Waals surface area contributed by atoms with Crippen LogP contribution in [0, 0.1) is 17.8 Å². The molecule has 0 bridgehead atoms. The van der Waals surface area contributed by atoms with Gasteiger partial charge in [-0.2, -0.15) is 0 Å². The number of rotatable bonds is 14. The lowest BCUT2D eigenvalue weighted by molar-refractivity contribution is -0.132. The Balaban J connectivity index is 1.43. The number of para-hydroxylation sites is 1. The van der Waals surface area contributed by atoms with Gasteiger partial charge in [-0.25, -0.2) is 0 Å². The van der Waals surface area contributed by atoms with Crippen LogP contribution in [-0.2, 0) is 30.5 Å². The lowest BCUT2D eigenvalue weighted by atomic mass is 10.0. The molecule has 10 nitrogen and oxygen atoms in total. The summed E-state index contributed by atoms with van der Waals surface area (Å²) in [4.78, 5) is 65.3. The van der Waals surface area contributed by atoms with Crippen LogP contribution in [-0.4, -0.2) is 54.7 Å². The molecule has 0 spiro atoms. The minimum Gasteiger partial charge on any atom is -0.356 e. The fraction of sp³-hybridized carbons (Fsp3) is 0.417. The normalized spacial score (nSPS) is 13.4. The van der Waals surface area contributed by atoms with Crippen molar-refractivity contribution in [3.63, 3.8) is 0 Å². The Kier molecular flexibility index (Phi) is 13.6. The smallest absolute Gasteiger partial charge is 0.243 e. The molecule has 46 heavy (non-hydrogen) atoms. The van der Waals surface area contributed by atoms with E-state index in [1.54, 1.807) is 25.7 Å². The number of amides is 5. The summed E-state index contributed by atoms with van der Waals surface area (Å²) in [6, 6.07) is 13.7. The van der Waals surface area contributed by atoms with E-state index in [-0.39, 0.29) is 61.8 Å². The van der Waals surface area contributed by atoms with Crippen LogP contribution in [0.25, 0.3) is 0 Å². The average molecular weight is 628 g/mol. The molecule has 2 atom stereocenters. The van der Waals surface area contributed by atoms with Crippen molar-refractivity contribution in [2.24, 2.45) is 5.92 Å². The van der Waals surface area contributed by atoms with E-state index >= 15 is 0 Å². The molecule has 1 aliphatic rings. The van der Waals surface area contributed by atoms with Gasteiger partial charge in [0.2, 0.25) is 29.5 Å². The Labute approximate surface area is 271 Å². The third-order valence-corrected chi connectivity index (χ3v) is 7.69. The minimum atomic E-state index is -0.828. The Morgan fingerprint density at radius 2 is 1.48 bits per heavy atom. The summed E-state index contributed by atoms with van der Waals surface area (Å²) in [5.41, 5.74) is 4.32. The SMILES string of the molecule is C/C=C(\C)CNC(=O)[C@H](C)NC(=O)C(NC(=O)CCCC(=O)NCCC(=O)N1Cc2ccccc2C#Cc2ccccc21)C(C)C. The van der Waals surface area contributed by atoms with Crippen LogP contribution in [0.2, 0.25) is 0 Å². The molecule has 0 saturated carbocycles. The standard InChI is InChI=1S/C36H45N5O5/c1-6-25(4)22-38-35(45)26(5)39-36(46)34(24(2)3)40-32(43)17-11-16-31(42)37-21-20-33(44)41-23-29-14-8-7-12-27(29)18-19-28-13-9-10-15-30(28)41/h6-10,12-15,24,26,34H,11,16-17,20-23H2,1-5H3,(H,37,42)(H,38,45)(H,39,46)(H,40,43)/b25-6+/t26-,34?/m0/s1. The molecular formula is C36H45N5O5. The number of hydrogen-bond donors (Lipinski definition) is 4. The molecule has 1 unspecified atom stereocenters. The highest BCUT2D eigenvalue weighted by molar-refractivity contribution is 5.95. The van der Waals surface area contributed by atoms with Crippen LogP contribution in [0.5, 0.6) is 0 Å². The molecule has 5 amide bonds. The van der Waals surface area contributed by atoms with Crippen molar-refractivity contribution < 1.29 is 24.0 Å². The fourth-order valence-electron chi connectivity index (χ4n) is 4.78. The van der Waals surface area contributed by atoms with Gasteiger partial charge in [-0.1, -0.05) is 67.7 Å². The van der Waals surface area contributed by atoms with Crippen LogP contribution >= 0.6 is 0 Å². The van der Waals surface area contributed by atoms with Crippen molar-refractivity contribution in [3.05, 3.63) is 76.9 Å². The molecule has 1 heterocycles. The Morgan fingerprint density at radius 1 is 0.826 bits per heavy atom. The van der Waals surface area contributed by atoms with Gasteiger partial charge in [-0.05, 0) is 56.9 Å². The van der Waals surface area contributed by atoms with Gasteiger partial charge in [0, 0.05) is 43.5 Å². The summed E-state index contributed by atoms with van der Waals surface area (Å²) in [5.74, 6) is 4.62. The molecule has 2 aromatic carbocycles. The second-order valence-electron chi connectivity index (χ2n) is 11.7. The van der Waals surface area contributed by atoms with E-state index in [2.05, 4.69) is 33.1 Å². The van der Waals surface area contributed by atoms with E-state index in [9.17, 15) is 24.0 Å². The van der Waals surface area contributed by atoms with Crippen molar-refractivity contribution in [2.75, 3.05) is 18.0 Å². The first-order valence-corrected chi connectivity index (χ1v) is 15.7. The average Bonchev–Trinajstić information content (AvgIpc) is 3.02. The predicted octanol–water partition coefficient (Wildman–Crippen LogP) is 3.34. The lowest BCUT2D eigenvalue weighted by Gasteiger charge is -2.26. The number of benzene rings is 2. The molecule has 0 saturated heterocycles. The van der Waals surface area contributed by atoms with Crippen molar-refractivity contribution in [3.8, 4) is 11.8 Å². The summed E-state index contributed by atoms with van der Waals surface area (Å²) in [6.45, 7) is 9.89. The third kappa shape index (κ3) is 10.6. The topological polar surface area (TPSA) is 137 Å². The summed E-state index contributed by atoms with van der Waals surface area (Å²) < 4.78 is 0. The van der Waals surface area contributed by atoms with Gasteiger partial charge in [-0.15, -0.1) is 0 Å². The van der Waals surface area contributed by atoms with E-state index in [1.807, 2.05) is 68.5 Å². The number of anilines is 1. The van der Waals surface area contributed by atoms with Gasteiger partial charge >= 0.3 is 0 Å². The van der Waals surface area contributed by atoms with Crippen molar-refractivity contribution in [1.82, 2.24) is 21.3 Å². The monoisotopic (exact) mass is 627 g/mol. The van der Waals surface area contributed by atoms with Gasteiger partial charge in [-0.3, -0.25) is 24.0 Å². The highest BCUT2D eigenvalue weighted by atomic mass is 16.2. The van der Waals surface area contributed by atoms with Gasteiger partial charge in [0.15, 0.2) is 0 Å². The first-order valence-electron chi connectivity index (χ1n) is 15.7. The Bertz CT molecular complexity index is 1520. The molecule has 0 aromatic heterocycles. The van der Waals surface area contributed by atoms with Crippen LogP contribution < -0.4 is 26.2 Å². The maximum atomic E-state index is 13.3. The van der Waals surface area contributed by atoms with E-state index in [4.69, 9.17) is 0 Å². The van der Waals surface area contributed by atoms with Crippen LogP contribution in [0.4, 0.5) is 5.69 Å². The van der Waals surface area contributed by atoms with Crippen LogP contribution in [0.3, 0.4) is 0 Å². The van der Waals surface area contributed by atoms with Crippen LogP contribution in [0.1, 0.15) is 77.0 Å². The highest BCUT2D eigenvalue weighted by Crippen LogP contribution is 2.25. The van der Waals surface area contributed by atoms with Gasteiger partial charge in [0.1, 0.15) is 12.1 Å². The number of nitrogens with zero attached hydrogens (tertiary/aromatic N) is 1. The predicted molar refractivity (Wildman–Crippen MR) is 178 cm³/mol. The molecule has 0 fully saturated rings. The number of fused-ring (bicyclic) bond motifs is 2. The lowest BCUT2D eigenvalue weighted by Crippen LogP contribution is -2.54. The zero-order valence-corrected chi connectivity index (χ0v) is 27.4. The van der Waals surface area contributed by atoms with Crippen molar-refractivity contribution in [1.29, 1.82) is 0 Å². The number of carbonyl (C=O) groups is 5. The third-order valence-electron chi connectivity index (χ3n) is 7.69. The number of nitrogens with one attached hydrogen (secondary N) is 4. The van der Waals surface area contributed by atoms with Gasteiger partial charge in [0.05, 0.1) is 12.2 Å². The summed E-state index contributed by atoms with van der Waals surface area (Å²) >= 11 is 0. The van der Waals surface area contributed by atoms with E-state index in [0.717, 1.165) is 28.0 Å². The maximum absolute atomic E-state index is 13.3. The molecule has 1 aliphatic heterocycles. The number of hydrogen-bond acceptors (Lipinski definition) is 5. The number of allylic oxidation sites excluding steroid dienone is 1. The molecule has 2 aromatic rings. The molecule has 244 valence electrons. The van der Waals surface area contributed by atoms with E-state index in [1.165, 1.54) is 0 Å². The number of carbonyl (C=O) groups excluding carboxylic acids is 5. The van der Waals surface area contributed by atoms with Crippen molar-refractivity contribution >= 4 is 35.2 Å².